The molecular formula is C28H36N2O4. The lowest BCUT2D eigenvalue weighted by atomic mass is 9.95. The van der Waals surface area contributed by atoms with Gasteiger partial charge >= 0.3 is 0 Å². The SMILES string of the molecule is CCCCOc1ccc(C(O)=C2C(=O)C(=O)N(CCN(CC)CC)[C@@H]2c2ccccc2)cc1C. The quantitative estimate of drug-likeness (QED) is 0.221. The molecule has 1 aliphatic rings. The van der Waals surface area contributed by atoms with Crippen molar-refractivity contribution >= 4 is 17.4 Å². The number of carbonyl (C=O) groups is 2. The number of likely N-dealkylation sites (N-methyl/N-ethyl adjacent to an activating group) is 1. The van der Waals surface area contributed by atoms with Gasteiger partial charge in [-0.05, 0) is 55.8 Å². The highest BCUT2D eigenvalue weighted by molar-refractivity contribution is 6.46. The number of hydrogen-bond acceptors (Lipinski definition) is 5. The van der Waals surface area contributed by atoms with Crippen LogP contribution >= 0.6 is 0 Å². The summed E-state index contributed by atoms with van der Waals surface area (Å²) in [6.07, 6.45) is 2.01. The third kappa shape index (κ3) is 5.50. The van der Waals surface area contributed by atoms with Gasteiger partial charge in [0.15, 0.2) is 0 Å². The maximum atomic E-state index is 13.2. The smallest absolute Gasteiger partial charge is 0.295 e. The Balaban J connectivity index is 2.00. The van der Waals surface area contributed by atoms with Crippen LogP contribution in [0.1, 0.15) is 56.3 Å². The van der Waals surface area contributed by atoms with Gasteiger partial charge in [0.2, 0.25) is 0 Å². The molecule has 1 fully saturated rings. The molecule has 182 valence electrons. The van der Waals surface area contributed by atoms with Crippen molar-refractivity contribution < 1.29 is 19.4 Å². The Morgan fingerprint density at radius 2 is 1.76 bits per heavy atom. The van der Waals surface area contributed by atoms with Gasteiger partial charge in [-0.15, -0.1) is 0 Å². The molecule has 34 heavy (non-hydrogen) atoms. The summed E-state index contributed by atoms with van der Waals surface area (Å²) in [6, 6.07) is 14.2. The van der Waals surface area contributed by atoms with Crippen molar-refractivity contribution in [1.29, 1.82) is 0 Å². The molecule has 1 saturated heterocycles. The Bertz CT molecular complexity index is 1030. The first-order valence-corrected chi connectivity index (χ1v) is 12.2. The van der Waals surface area contributed by atoms with Gasteiger partial charge in [0.25, 0.3) is 11.7 Å². The van der Waals surface area contributed by atoms with E-state index in [1.165, 1.54) is 0 Å². The van der Waals surface area contributed by atoms with Crippen LogP contribution < -0.4 is 4.74 Å². The zero-order valence-corrected chi connectivity index (χ0v) is 20.7. The molecule has 3 rings (SSSR count). The van der Waals surface area contributed by atoms with E-state index in [1.54, 1.807) is 11.0 Å². The fourth-order valence-corrected chi connectivity index (χ4v) is 4.32. The number of ether oxygens (including phenoxy) is 1. The lowest BCUT2D eigenvalue weighted by Crippen LogP contribution is -2.38. The molecule has 1 amide bonds. The van der Waals surface area contributed by atoms with Crippen LogP contribution in [-0.2, 0) is 9.59 Å². The fraction of sp³-hybridized carbons (Fsp3) is 0.429. The van der Waals surface area contributed by atoms with E-state index < -0.39 is 17.7 Å². The molecule has 1 aliphatic heterocycles. The second-order valence-corrected chi connectivity index (χ2v) is 8.61. The van der Waals surface area contributed by atoms with Gasteiger partial charge in [-0.3, -0.25) is 9.59 Å². The molecule has 0 saturated carbocycles. The average Bonchev–Trinajstić information content (AvgIpc) is 3.10. The number of hydrogen-bond donors (Lipinski definition) is 1. The molecular weight excluding hydrogens is 428 g/mol. The number of ketones is 1. The number of carbonyl (C=O) groups excluding carboxylic acids is 2. The second kappa shape index (κ2) is 11.8. The van der Waals surface area contributed by atoms with Gasteiger partial charge in [0.05, 0.1) is 18.2 Å². The monoisotopic (exact) mass is 464 g/mol. The van der Waals surface area contributed by atoms with Crippen LogP contribution in [-0.4, -0.2) is 59.4 Å². The molecule has 6 nitrogen and oxygen atoms in total. The van der Waals surface area contributed by atoms with Gasteiger partial charge in [-0.2, -0.15) is 0 Å². The Hall–Kier alpha value is -3.12. The molecule has 0 aliphatic carbocycles. The largest absolute Gasteiger partial charge is 0.507 e. The van der Waals surface area contributed by atoms with Crippen LogP contribution in [0.5, 0.6) is 5.75 Å². The lowest BCUT2D eigenvalue weighted by Gasteiger charge is -2.28. The fourth-order valence-electron chi connectivity index (χ4n) is 4.32. The summed E-state index contributed by atoms with van der Waals surface area (Å²) < 4.78 is 5.83. The normalized spacial score (nSPS) is 17.6. The van der Waals surface area contributed by atoms with Crippen LogP contribution in [0.4, 0.5) is 0 Å². The van der Waals surface area contributed by atoms with Gasteiger partial charge in [0.1, 0.15) is 11.5 Å². The minimum atomic E-state index is -0.646. The molecule has 0 unspecified atom stereocenters. The first kappa shape index (κ1) is 25.5. The number of benzene rings is 2. The zero-order valence-electron chi connectivity index (χ0n) is 20.7. The summed E-state index contributed by atoms with van der Waals surface area (Å²) in [4.78, 5) is 30.1. The highest BCUT2D eigenvalue weighted by Crippen LogP contribution is 2.39. The van der Waals surface area contributed by atoms with E-state index in [1.807, 2.05) is 49.4 Å². The maximum Gasteiger partial charge on any atom is 0.295 e. The van der Waals surface area contributed by atoms with Crippen LogP contribution in [0.3, 0.4) is 0 Å². The summed E-state index contributed by atoms with van der Waals surface area (Å²) in [5.41, 5.74) is 2.31. The third-order valence-corrected chi connectivity index (χ3v) is 6.41. The van der Waals surface area contributed by atoms with Crippen LogP contribution in [0, 0.1) is 6.92 Å². The number of likely N-dealkylation sites (tertiary alicyclic amines) is 1. The number of unbranched alkanes of at least 4 members (excludes halogenated alkanes) is 1. The Kier molecular flexibility index (Phi) is 8.88. The van der Waals surface area contributed by atoms with E-state index >= 15 is 0 Å². The number of aliphatic hydroxyl groups excluding tert-OH is 1. The molecule has 6 heteroatoms. The van der Waals surface area contributed by atoms with Crippen LogP contribution in [0.25, 0.3) is 5.76 Å². The summed E-state index contributed by atoms with van der Waals surface area (Å²) in [5.74, 6) is -0.615. The summed E-state index contributed by atoms with van der Waals surface area (Å²) in [5, 5.41) is 11.3. The molecule has 0 aromatic heterocycles. The number of amides is 1. The predicted molar refractivity (Wildman–Crippen MR) is 135 cm³/mol. The Morgan fingerprint density at radius 3 is 2.38 bits per heavy atom. The lowest BCUT2D eigenvalue weighted by molar-refractivity contribution is -0.140. The molecule has 0 bridgehead atoms. The van der Waals surface area contributed by atoms with Crippen molar-refractivity contribution in [1.82, 2.24) is 9.80 Å². The number of Topliss-reactive ketones (excluding diaryl/α,β-unsaturated/α-hetero) is 1. The van der Waals surface area contributed by atoms with Crippen molar-refractivity contribution in [2.45, 2.75) is 46.6 Å². The molecule has 2 aromatic rings. The van der Waals surface area contributed by atoms with Crippen molar-refractivity contribution in [3.05, 3.63) is 70.8 Å². The maximum absolute atomic E-state index is 13.2. The number of aliphatic hydroxyl groups is 1. The van der Waals surface area contributed by atoms with Crippen molar-refractivity contribution in [3.63, 3.8) is 0 Å². The minimum absolute atomic E-state index is 0.134. The average molecular weight is 465 g/mol. The van der Waals surface area contributed by atoms with Crippen molar-refractivity contribution in [2.24, 2.45) is 0 Å². The molecule has 2 aromatic carbocycles. The zero-order chi connectivity index (χ0) is 24.7. The first-order chi connectivity index (χ1) is 16.4. The highest BCUT2D eigenvalue weighted by atomic mass is 16.5. The predicted octanol–water partition coefficient (Wildman–Crippen LogP) is 4.94. The van der Waals surface area contributed by atoms with E-state index in [0.29, 0.717) is 25.3 Å². The second-order valence-electron chi connectivity index (χ2n) is 8.61. The Labute approximate surface area is 202 Å². The molecule has 1 atom stereocenters. The standard InChI is InChI=1S/C28H36N2O4/c1-5-8-18-34-23-15-14-22(19-20(23)4)26(31)24-25(21-12-10-9-11-13-21)30(28(33)27(24)32)17-16-29(6-2)7-3/h9-15,19,25,31H,5-8,16-18H2,1-4H3/t25-/m1/s1. The molecule has 0 spiro atoms. The van der Waals surface area contributed by atoms with Crippen LogP contribution in [0.2, 0.25) is 0 Å². The Morgan fingerprint density at radius 1 is 1.06 bits per heavy atom. The first-order valence-electron chi connectivity index (χ1n) is 12.2. The van der Waals surface area contributed by atoms with Gasteiger partial charge in [0, 0.05) is 18.7 Å². The van der Waals surface area contributed by atoms with E-state index in [-0.39, 0.29) is 11.3 Å². The summed E-state index contributed by atoms with van der Waals surface area (Å²) >= 11 is 0. The number of nitrogens with zero attached hydrogens (tertiary/aromatic N) is 2. The topological polar surface area (TPSA) is 70.1 Å². The number of rotatable bonds is 11. The van der Waals surface area contributed by atoms with E-state index in [0.717, 1.165) is 42.8 Å². The third-order valence-electron chi connectivity index (χ3n) is 6.41. The van der Waals surface area contributed by atoms with E-state index in [9.17, 15) is 14.7 Å². The summed E-state index contributed by atoms with van der Waals surface area (Å²) in [7, 11) is 0. The molecule has 1 N–H and O–H groups in total. The summed E-state index contributed by atoms with van der Waals surface area (Å²) in [6.45, 7) is 11.6. The van der Waals surface area contributed by atoms with E-state index in [2.05, 4.69) is 25.7 Å². The van der Waals surface area contributed by atoms with Crippen molar-refractivity contribution in [3.8, 4) is 5.75 Å². The number of aryl methyl sites for hydroxylation is 1. The molecule has 1 heterocycles. The molecule has 0 radical (unpaired) electrons. The van der Waals surface area contributed by atoms with Gasteiger partial charge < -0.3 is 19.6 Å². The van der Waals surface area contributed by atoms with E-state index in [4.69, 9.17) is 4.74 Å². The highest BCUT2D eigenvalue weighted by Gasteiger charge is 2.45. The van der Waals surface area contributed by atoms with Gasteiger partial charge in [-0.1, -0.05) is 57.5 Å². The minimum Gasteiger partial charge on any atom is -0.507 e. The van der Waals surface area contributed by atoms with Crippen molar-refractivity contribution in [2.75, 3.05) is 32.8 Å². The van der Waals surface area contributed by atoms with Gasteiger partial charge in [-0.25, -0.2) is 0 Å². The van der Waals surface area contributed by atoms with Crippen LogP contribution in [0.15, 0.2) is 54.1 Å².